The molecule has 8 heteroatoms. The molecule has 1 aliphatic heterocycles. The lowest BCUT2D eigenvalue weighted by Crippen LogP contribution is -2.30. The van der Waals surface area contributed by atoms with Gasteiger partial charge in [-0.1, -0.05) is 17.3 Å². The van der Waals surface area contributed by atoms with E-state index in [0.29, 0.717) is 23.8 Å². The average Bonchev–Trinajstić information content (AvgIpc) is 3.16. The predicted molar refractivity (Wildman–Crippen MR) is 90.9 cm³/mol. The van der Waals surface area contributed by atoms with Gasteiger partial charge in [0.25, 0.3) is 5.69 Å². The largest absolute Gasteiger partial charge is 0.371 e. The lowest BCUT2D eigenvalue weighted by molar-refractivity contribution is -0.384. The van der Waals surface area contributed by atoms with Crippen molar-refractivity contribution in [3.8, 4) is 11.4 Å². The van der Waals surface area contributed by atoms with Crippen molar-refractivity contribution in [2.24, 2.45) is 0 Å². The van der Waals surface area contributed by atoms with Gasteiger partial charge in [-0.3, -0.25) is 15.0 Å². The van der Waals surface area contributed by atoms with Crippen LogP contribution in [0.15, 0.2) is 28.8 Å². The Morgan fingerprint density at radius 3 is 2.96 bits per heavy atom. The Morgan fingerprint density at radius 2 is 2.24 bits per heavy atom. The lowest BCUT2D eigenvalue weighted by Gasteiger charge is -2.24. The van der Waals surface area contributed by atoms with Crippen molar-refractivity contribution in [3.05, 3.63) is 40.3 Å². The number of ether oxygens (including phenoxy) is 1. The minimum Gasteiger partial charge on any atom is -0.371 e. The van der Waals surface area contributed by atoms with Gasteiger partial charge in [-0.05, 0) is 27.2 Å². The molecule has 2 aromatic rings. The van der Waals surface area contributed by atoms with Crippen LogP contribution in [0, 0.1) is 10.1 Å². The van der Waals surface area contributed by atoms with E-state index in [1.807, 2.05) is 0 Å². The minimum atomic E-state index is -0.440. The van der Waals surface area contributed by atoms with Gasteiger partial charge in [0, 0.05) is 30.8 Å². The van der Waals surface area contributed by atoms with Gasteiger partial charge in [0.05, 0.1) is 23.2 Å². The van der Waals surface area contributed by atoms with Crippen LogP contribution in [0.3, 0.4) is 0 Å². The summed E-state index contributed by atoms with van der Waals surface area (Å²) in [4.78, 5) is 17.0. The molecule has 0 N–H and O–H groups in total. The normalized spacial score (nSPS) is 18.6. The van der Waals surface area contributed by atoms with Crippen LogP contribution < -0.4 is 0 Å². The summed E-state index contributed by atoms with van der Waals surface area (Å²) in [6.45, 7) is 8.45. The summed E-state index contributed by atoms with van der Waals surface area (Å²) in [5.41, 5.74) is 0.422. The molecule has 0 amide bonds. The fourth-order valence-corrected chi connectivity index (χ4v) is 2.92. The van der Waals surface area contributed by atoms with Crippen molar-refractivity contribution < 1.29 is 14.2 Å². The second kappa shape index (κ2) is 6.89. The van der Waals surface area contributed by atoms with Crippen LogP contribution in [-0.2, 0) is 11.3 Å². The van der Waals surface area contributed by atoms with Crippen LogP contribution in [0.4, 0.5) is 5.69 Å². The summed E-state index contributed by atoms with van der Waals surface area (Å²) in [7, 11) is 0. The highest BCUT2D eigenvalue weighted by atomic mass is 16.6. The van der Waals surface area contributed by atoms with Gasteiger partial charge < -0.3 is 9.26 Å². The smallest absolute Gasteiger partial charge is 0.270 e. The SMILES string of the molecule is CC(C)(C)O[C@H]1CCN(Cc2nc(-c3cccc([N+](=O)[O-])c3)no2)C1. The molecule has 25 heavy (non-hydrogen) atoms. The molecule has 1 aromatic heterocycles. The van der Waals surface area contributed by atoms with E-state index in [2.05, 4.69) is 35.8 Å². The van der Waals surface area contributed by atoms with Crippen LogP contribution in [-0.4, -0.2) is 44.8 Å². The number of hydrogen-bond acceptors (Lipinski definition) is 7. The fraction of sp³-hybridized carbons (Fsp3) is 0.529. The zero-order valence-electron chi connectivity index (χ0n) is 14.6. The minimum absolute atomic E-state index is 0.00515. The average molecular weight is 346 g/mol. The van der Waals surface area contributed by atoms with Gasteiger partial charge in [0.2, 0.25) is 11.7 Å². The summed E-state index contributed by atoms with van der Waals surface area (Å²) in [5.74, 6) is 0.860. The Bertz CT molecular complexity index is 753. The lowest BCUT2D eigenvalue weighted by atomic mass is 10.2. The molecule has 0 spiro atoms. The second-order valence-corrected chi connectivity index (χ2v) is 7.20. The first-order valence-corrected chi connectivity index (χ1v) is 8.28. The predicted octanol–water partition coefficient (Wildman–Crippen LogP) is 3.03. The van der Waals surface area contributed by atoms with Crippen molar-refractivity contribution in [1.29, 1.82) is 0 Å². The molecule has 1 saturated heterocycles. The quantitative estimate of drug-likeness (QED) is 0.606. The first-order chi connectivity index (χ1) is 11.8. The Hall–Kier alpha value is -2.32. The molecule has 2 heterocycles. The molecule has 0 bridgehead atoms. The number of non-ortho nitro benzene ring substituents is 1. The standard InChI is InChI=1S/C17H22N4O4/c1-17(2,3)24-14-7-8-20(10-14)11-15-18-16(19-25-15)12-5-4-6-13(9-12)21(22)23/h4-6,9,14H,7-8,10-11H2,1-3H3/t14-/m0/s1. The maximum Gasteiger partial charge on any atom is 0.270 e. The van der Waals surface area contributed by atoms with E-state index in [9.17, 15) is 10.1 Å². The molecule has 0 aliphatic carbocycles. The first kappa shape index (κ1) is 17.5. The molecule has 0 unspecified atom stereocenters. The molecular weight excluding hydrogens is 324 g/mol. The molecule has 134 valence electrons. The van der Waals surface area contributed by atoms with Gasteiger partial charge in [-0.15, -0.1) is 0 Å². The van der Waals surface area contributed by atoms with Crippen LogP contribution >= 0.6 is 0 Å². The van der Waals surface area contributed by atoms with Gasteiger partial charge in [-0.2, -0.15) is 4.98 Å². The van der Waals surface area contributed by atoms with Gasteiger partial charge in [-0.25, -0.2) is 0 Å². The second-order valence-electron chi connectivity index (χ2n) is 7.20. The maximum absolute atomic E-state index is 10.9. The summed E-state index contributed by atoms with van der Waals surface area (Å²) in [6, 6.07) is 6.21. The number of nitro groups is 1. The van der Waals surface area contributed by atoms with E-state index < -0.39 is 4.92 Å². The Balaban J connectivity index is 1.63. The van der Waals surface area contributed by atoms with Crippen molar-refractivity contribution in [3.63, 3.8) is 0 Å². The van der Waals surface area contributed by atoms with E-state index in [0.717, 1.165) is 19.5 Å². The van der Waals surface area contributed by atoms with E-state index in [-0.39, 0.29) is 17.4 Å². The fourth-order valence-electron chi connectivity index (χ4n) is 2.92. The number of benzene rings is 1. The van der Waals surface area contributed by atoms with E-state index >= 15 is 0 Å². The number of likely N-dealkylation sites (tertiary alicyclic amines) is 1. The molecule has 8 nitrogen and oxygen atoms in total. The van der Waals surface area contributed by atoms with Crippen LogP contribution in [0.2, 0.25) is 0 Å². The molecule has 1 atom stereocenters. The number of nitro benzene ring substituents is 1. The molecular formula is C17H22N4O4. The Morgan fingerprint density at radius 1 is 1.44 bits per heavy atom. The molecule has 0 saturated carbocycles. The summed E-state index contributed by atoms with van der Waals surface area (Å²) in [5, 5.41) is 14.8. The van der Waals surface area contributed by atoms with Crippen molar-refractivity contribution >= 4 is 5.69 Å². The van der Waals surface area contributed by atoms with E-state index in [1.54, 1.807) is 12.1 Å². The molecule has 1 aromatic carbocycles. The number of rotatable bonds is 5. The van der Waals surface area contributed by atoms with Crippen LogP contribution in [0.5, 0.6) is 0 Å². The number of hydrogen-bond donors (Lipinski definition) is 0. The molecule has 1 aliphatic rings. The molecule has 1 fully saturated rings. The van der Waals surface area contributed by atoms with Crippen LogP contribution in [0.25, 0.3) is 11.4 Å². The van der Waals surface area contributed by atoms with Crippen molar-refractivity contribution in [1.82, 2.24) is 15.0 Å². The van der Waals surface area contributed by atoms with Gasteiger partial charge in [0.1, 0.15) is 0 Å². The zero-order valence-corrected chi connectivity index (χ0v) is 14.6. The Kier molecular flexibility index (Phi) is 4.82. The van der Waals surface area contributed by atoms with E-state index in [1.165, 1.54) is 12.1 Å². The van der Waals surface area contributed by atoms with E-state index in [4.69, 9.17) is 9.26 Å². The highest BCUT2D eigenvalue weighted by Gasteiger charge is 2.28. The Labute approximate surface area is 145 Å². The third-order valence-corrected chi connectivity index (χ3v) is 3.89. The number of aromatic nitrogens is 2. The summed E-state index contributed by atoms with van der Waals surface area (Å²) >= 11 is 0. The maximum atomic E-state index is 10.9. The molecule has 0 radical (unpaired) electrons. The summed E-state index contributed by atoms with van der Waals surface area (Å²) < 4.78 is 11.3. The van der Waals surface area contributed by atoms with Gasteiger partial charge in [0.15, 0.2) is 0 Å². The third-order valence-electron chi connectivity index (χ3n) is 3.89. The highest BCUT2D eigenvalue weighted by molar-refractivity contribution is 5.58. The highest BCUT2D eigenvalue weighted by Crippen LogP contribution is 2.23. The monoisotopic (exact) mass is 346 g/mol. The zero-order chi connectivity index (χ0) is 18.0. The third kappa shape index (κ3) is 4.61. The summed E-state index contributed by atoms with van der Waals surface area (Å²) in [6.07, 6.45) is 1.18. The first-order valence-electron chi connectivity index (χ1n) is 8.28. The topological polar surface area (TPSA) is 94.5 Å². The van der Waals surface area contributed by atoms with Crippen LogP contribution in [0.1, 0.15) is 33.1 Å². The van der Waals surface area contributed by atoms with Gasteiger partial charge >= 0.3 is 0 Å². The van der Waals surface area contributed by atoms with Crippen molar-refractivity contribution in [2.75, 3.05) is 13.1 Å². The number of nitrogens with zero attached hydrogens (tertiary/aromatic N) is 4. The van der Waals surface area contributed by atoms with Crippen molar-refractivity contribution in [2.45, 2.75) is 45.4 Å². The molecule has 3 rings (SSSR count).